The largest absolute Gasteiger partial charge is 0.497 e. The Morgan fingerprint density at radius 3 is 2.48 bits per heavy atom. The fraction of sp³-hybridized carbons (Fsp3) is 0.125. The molecule has 0 saturated carbocycles. The Bertz CT molecular complexity index is 1240. The van der Waals surface area contributed by atoms with Gasteiger partial charge in [0.1, 0.15) is 5.75 Å². The SMILES string of the molecule is COc1ccc(-n2c(SCC(=O)NN=Cc3ccncc3)nnc2-c2ccc(C)cc2)cc1. The molecule has 1 amide bonds. The Hall–Kier alpha value is -3.98. The first-order chi connectivity index (χ1) is 16.1. The Morgan fingerprint density at radius 1 is 1.06 bits per heavy atom. The molecule has 0 aliphatic heterocycles. The number of carbonyl (C=O) groups is 1. The van der Waals surface area contributed by atoms with Crippen LogP contribution in [0.1, 0.15) is 11.1 Å². The lowest BCUT2D eigenvalue weighted by atomic mass is 10.1. The number of methoxy groups -OCH3 is 1. The molecule has 0 aliphatic rings. The van der Waals surface area contributed by atoms with Crippen LogP contribution in [0, 0.1) is 6.92 Å². The van der Waals surface area contributed by atoms with Gasteiger partial charge in [0.25, 0.3) is 5.91 Å². The molecule has 33 heavy (non-hydrogen) atoms. The van der Waals surface area contributed by atoms with Crippen LogP contribution in [0.5, 0.6) is 5.75 Å². The molecular weight excluding hydrogens is 436 g/mol. The van der Waals surface area contributed by atoms with E-state index in [0.29, 0.717) is 11.0 Å². The van der Waals surface area contributed by atoms with Crippen LogP contribution in [0.2, 0.25) is 0 Å². The lowest BCUT2D eigenvalue weighted by molar-refractivity contribution is -0.118. The first kappa shape index (κ1) is 22.2. The van der Waals surface area contributed by atoms with E-state index in [2.05, 4.69) is 25.7 Å². The minimum absolute atomic E-state index is 0.135. The summed E-state index contributed by atoms with van der Waals surface area (Å²) in [4.78, 5) is 16.3. The van der Waals surface area contributed by atoms with Gasteiger partial charge in [-0.15, -0.1) is 10.2 Å². The number of benzene rings is 2. The van der Waals surface area contributed by atoms with Gasteiger partial charge in [0, 0.05) is 23.6 Å². The van der Waals surface area contributed by atoms with Crippen molar-refractivity contribution in [2.75, 3.05) is 12.9 Å². The number of hydrogen-bond acceptors (Lipinski definition) is 7. The van der Waals surface area contributed by atoms with E-state index < -0.39 is 0 Å². The van der Waals surface area contributed by atoms with Crippen molar-refractivity contribution in [3.05, 3.63) is 84.2 Å². The van der Waals surface area contributed by atoms with E-state index in [1.54, 1.807) is 37.9 Å². The highest BCUT2D eigenvalue weighted by atomic mass is 32.2. The molecule has 2 aromatic heterocycles. The molecule has 0 fully saturated rings. The second-order valence-corrected chi connectivity index (χ2v) is 8.01. The van der Waals surface area contributed by atoms with E-state index in [9.17, 15) is 4.79 Å². The van der Waals surface area contributed by atoms with E-state index in [1.165, 1.54) is 11.8 Å². The van der Waals surface area contributed by atoms with E-state index in [-0.39, 0.29) is 11.7 Å². The number of hydrazone groups is 1. The molecule has 166 valence electrons. The zero-order chi connectivity index (χ0) is 23.0. The van der Waals surface area contributed by atoms with Crippen molar-refractivity contribution in [2.24, 2.45) is 5.10 Å². The van der Waals surface area contributed by atoms with Crippen molar-refractivity contribution in [3.8, 4) is 22.8 Å². The first-order valence-corrected chi connectivity index (χ1v) is 11.1. The topological polar surface area (TPSA) is 94.3 Å². The average molecular weight is 459 g/mol. The van der Waals surface area contributed by atoms with Gasteiger partial charge in [-0.3, -0.25) is 14.3 Å². The molecule has 0 spiro atoms. The summed E-state index contributed by atoms with van der Waals surface area (Å²) in [6, 6.07) is 19.3. The Labute approximate surface area is 195 Å². The van der Waals surface area contributed by atoms with E-state index in [0.717, 1.165) is 28.1 Å². The van der Waals surface area contributed by atoms with Gasteiger partial charge >= 0.3 is 0 Å². The molecule has 9 heteroatoms. The zero-order valence-corrected chi connectivity index (χ0v) is 19.0. The maximum absolute atomic E-state index is 12.3. The second kappa shape index (κ2) is 10.6. The first-order valence-electron chi connectivity index (χ1n) is 10.2. The summed E-state index contributed by atoms with van der Waals surface area (Å²) in [5, 5.41) is 13.4. The van der Waals surface area contributed by atoms with Crippen molar-refractivity contribution < 1.29 is 9.53 Å². The molecule has 0 unspecified atom stereocenters. The van der Waals surface area contributed by atoms with Crippen molar-refractivity contribution in [3.63, 3.8) is 0 Å². The Kier molecular flexibility index (Phi) is 7.11. The summed E-state index contributed by atoms with van der Waals surface area (Å²) in [7, 11) is 1.63. The third-order valence-electron chi connectivity index (χ3n) is 4.72. The van der Waals surface area contributed by atoms with Crippen molar-refractivity contribution in [1.29, 1.82) is 0 Å². The van der Waals surface area contributed by atoms with Gasteiger partial charge in [-0.25, -0.2) is 5.43 Å². The van der Waals surface area contributed by atoms with Gasteiger partial charge < -0.3 is 4.74 Å². The molecule has 0 aliphatic carbocycles. The van der Waals surface area contributed by atoms with Crippen LogP contribution in [0.15, 0.2) is 83.3 Å². The van der Waals surface area contributed by atoms with Crippen molar-refractivity contribution in [2.45, 2.75) is 12.1 Å². The predicted molar refractivity (Wildman–Crippen MR) is 129 cm³/mol. The summed E-state index contributed by atoms with van der Waals surface area (Å²) < 4.78 is 7.21. The maximum atomic E-state index is 12.3. The van der Waals surface area contributed by atoms with Gasteiger partial charge in [-0.1, -0.05) is 41.6 Å². The van der Waals surface area contributed by atoms with Crippen LogP contribution in [0.4, 0.5) is 0 Å². The molecular formula is C24H22N6O2S. The van der Waals surface area contributed by atoms with Gasteiger partial charge in [0.2, 0.25) is 0 Å². The summed E-state index contributed by atoms with van der Waals surface area (Å²) in [5.74, 6) is 1.34. The fourth-order valence-corrected chi connectivity index (χ4v) is 3.75. The van der Waals surface area contributed by atoms with E-state index >= 15 is 0 Å². The molecule has 0 atom stereocenters. The predicted octanol–water partition coefficient (Wildman–Crippen LogP) is 3.89. The summed E-state index contributed by atoms with van der Waals surface area (Å²) in [5.41, 5.74) is 6.35. The van der Waals surface area contributed by atoms with Crippen LogP contribution in [0.3, 0.4) is 0 Å². The highest BCUT2D eigenvalue weighted by molar-refractivity contribution is 7.99. The normalized spacial score (nSPS) is 11.0. The Balaban J connectivity index is 1.53. The average Bonchev–Trinajstić information content (AvgIpc) is 3.28. The van der Waals surface area contributed by atoms with Gasteiger partial charge in [0.05, 0.1) is 19.1 Å². The van der Waals surface area contributed by atoms with Crippen LogP contribution in [-0.4, -0.2) is 44.7 Å². The van der Waals surface area contributed by atoms with Crippen LogP contribution in [0.25, 0.3) is 17.1 Å². The smallest absolute Gasteiger partial charge is 0.250 e. The second-order valence-electron chi connectivity index (χ2n) is 7.07. The number of nitrogens with one attached hydrogen (secondary N) is 1. The minimum atomic E-state index is -0.244. The highest BCUT2D eigenvalue weighted by Crippen LogP contribution is 2.29. The number of pyridine rings is 1. The molecule has 1 N–H and O–H groups in total. The number of thioether (sulfide) groups is 1. The molecule has 0 saturated heterocycles. The molecule has 2 heterocycles. The van der Waals surface area contributed by atoms with Gasteiger partial charge in [0.15, 0.2) is 11.0 Å². The lowest BCUT2D eigenvalue weighted by Gasteiger charge is -2.11. The fourth-order valence-electron chi connectivity index (χ4n) is 3.01. The number of nitrogens with zero attached hydrogens (tertiary/aromatic N) is 5. The molecule has 8 nitrogen and oxygen atoms in total. The summed E-state index contributed by atoms with van der Waals surface area (Å²) >= 11 is 1.29. The number of rotatable bonds is 8. The van der Waals surface area contributed by atoms with Gasteiger partial charge in [-0.05, 0) is 48.9 Å². The molecule has 2 aromatic carbocycles. The van der Waals surface area contributed by atoms with Crippen LogP contribution < -0.4 is 10.2 Å². The third kappa shape index (κ3) is 5.64. The number of ether oxygens (including phenoxy) is 1. The number of aryl methyl sites for hydroxylation is 1. The van der Waals surface area contributed by atoms with Gasteiger partial charge in [-0.2, -0.15) is 5.10 Å². The van der Waals surface area contributed by atoms with E-state index in [4.69, 9.17) is 4.74 Å². The number of amides is 1. The van der Waals surface area contributed by atoms with Crippen molar-refractivity contribution >= 4 is 23.9 Å². The molecule has 0 bridgehead atoms. The molecule has 4 aromatic rings. The highest BCUT2D eigenvalue weighted by Gasteiger charge is 2.17. The number of carbonyl (C=O) groups excluding carboxylic acids is 1. The molecule has 4 rings (SSSR count). The maximum Gasteiger partial charge on any atom is 0.250 e. The summed E-state index contributed by atoms with van der Waals surface area (Å²) in [6.07, 6.45) is 4.90. The minimum Gasteiger partial charge on any atom is -0.497 e. The summed E-state index contributed by atoms with van der Waals surface area (Å²) in [6.45, 7) is 2.04. The number of hydrogen-bond donors (Lipinski definition) is 1. The number of aromatic nitrogens is 4. The van der Waals surface area contributed by atoms with Crippen LogP contribution in [-0.2, 0) is 4.79 Å². The quantitative estimate of drug-likeness (QED) is 0.245. The lowest BCUT2D eigenvalue weighted by Crippen LogP contribution is -2.20. The zero-order valence-electron chi connectivity index (χ0n) is 18.2. The monoisotopic (exact) mass is 458 g/mol. The standard InChI is InChI=1S/C24H22N6O2S/c1-17-3-5-19(6-4-17)23-28-29-24(30(23)20-7-9-21(32-2)10-8-20)33-16-22(31)27-26-15-18-11-13-25-14-12-18/h3-15H,16H2,1-2H3,(H,27,31). The third-order valence-corrected chi connectivity index (χ3v) is 5.64. The Morgan fingerprint density at radius 2 is 1.79 bits per heavy atom. The van der Waals surface area contributed by atoms with E-state index in [1.807, 2.05) is 60.0 Å². The molecule has 0 radical (unpaired) electrons. The van der Waals surface area contributed by atoms with Crippen LogP contribution >= 0.6 is 11.8 Å². The van der Waals surface area contributed by atoms with Crippen molar-refractivity contribution in [1.82, 2.24) is 25.2 Å².